The predicted octanol–water partition coefficient (Wildman–Crippen LogP) is 4.37. The van der Waals surface area contributed by atoms with Gasteiger partial charge in [0.05, 0.1) is 5.69 Å². The van der Waals surface area contributed by atoms with Crippen molar-refractivity contribution in [2.45, 2.75) is 18.8 Å². The maximum Gasteiger partial charge on any atom is 0.253 e. The number of aromatic nitrogens is 3. The molecular formula is C23H22N4O. The van der Waals surface area contributed by atoms with Crippen molar-refractivity contribution in [3.8, 4) is 5.69 Å². The molecule has 28 heavy (non-hydrogen) atoms. The Labute approximate surface area is 163 Å². The molecule has 5 heteroatoms. The number of fused-ring (bicyclic) bond motifs is 1. The third kappa shape index (κ3) is 2.99. The van der Waals surface area contributed by atoms with E-state index in [0.29, 0.717) is 5.92 Å². The van der Waals surface area contributed by atoms with E-state index >= 15 is 0 Å². The lowest BCUT2D eigenvalue weighted by molar-refractivity contribution is 0.0713. The van der Waals surface area contributed by atoms with Crippen molar-refractivity contribution in [2.75, 3.05) is 13.1 Å². The second-order valence-corrected chi connectivity index (χ2v) is 7.35. The van der Waals surface area contributed by atoms with Crippen molar-refractivity contribution in [2.24, 2.45) is 0 Å². The van der Waals surface area contributed by atoms with Crippen LogP contribution in [0.25, 0.3) is 16.6 Å². The van der Waals surface area contributed by atoms with Gasteiger partial charge in [0.2, 0.25) is 0 Å². The highest BCUT2D eigenvalue weighted by atomic mass is 16.2. The lowest BCUT2D eigenvalue weighted by Crippen LogP contribution is -2.37. The lowest BCUT2D eigenvalue weighted by atomic mass is 9.89. The SMILES string of the molecule is O=C(c1ccc(-n2cccn2)cc1)N1CCC(c2c[nH]c3ccccc23)CC1. The first kappa shape index (κ1) is 16.8. The Morgan fingerprint density at radius 3 is 2.54 bits per heavy atom. The highest BCUT2D eigenvalue weighted by Gasteiger charge is 2.26. The summed E-state index contributed by atoms with van der Waals surface area (Å²) in [6, 6.07) is 18.0. The number of carbonyl (C=O) groups is 1. The quantitative estimate of drug-likeness (QED) is 0.582. The van der Waals surface area contributed by atoms with Crippen molar-refractivity contribution < 1.29 is 4.79 Å². The van der Waals surface area contributed by atoms with E-state index in [1.165, 1.54) is 16.5 Å². The molecule has 0 atom stereocenters. The van der Waals surface area contributed by atoms with Gasteiger partial charge in [0, 0.05) is 48.1 Å². The summed E-state index contributed by atoms with van der Waals surface area (Å²) in [5.41, 5.74) is 4.26. The molecule has 2 aromatic carbocycles. The van der Waals surface area contributed by atoms with Crippen molar-refractivity contribution in [1.29, 1.82) is 0 Å². The van der Waals surface area contributed by atoms with Gasteiger partial charge in [-0.25, -0.2) is 4.68 Å². The fraction of sp³-hybridized carbons (Fsp3) is 0.217. The van der Waals surface area contributed by atoms with Crippen molar-refractivity contribution in [1.82, 2.24) is 19.7 Å². The number of benzene rings is 2. The number of nitrogens with one attached hydrogen (secondary N) is 1. The van der Waals surface area contributed by atoms with E-state index in [0.717, 1.165) is 37.2 Å². The van der Waals surface area contributed by atoms with Crippen LogP contribution >= 0.6 is 0 Å². The van der Waals surface area contributed by atoms with Crippen molar-refractivity contribution >= 4 is 16.8 Å². The largest absolute Gasteiger partial charge is 0.361 e. The number of carbonyl (C=O) groups excluding carboxylic acids is 1. The van der Waals surface area contributed by atoms with Crippen LogP contribution in [0.15, 0.2) is 73.2 Å². The molecule has 1 fully saturated rings. The first-order chi connectivity index (χ1) is 13.8. The molecule has 1 saturated heterocycles. The second kappa shape index (κ2) is 7.00. The normalized spacial score (nSPS) is 15.2. The zero-order chi connectivity index (χ0) is 18.9. The monoisotopic (exact) mass is 370 g/mol. The van der Waals surface area contributed by atoms with Gasteiger partial charge in [-0.3, -0.25) is 4.79 Å². The van der Waals surface area contributed by atoms with Gasteiger partial charge in [-0.1, -0.05) is 18.2 Å². The summed E-state index contributed by atoms with van der Waals surface area (Å²) in [4.78, 5) is 18.3. The second-order valence-electron chi connectivity index (χ2n) is 7.35. The minimum atomic E-state index is 0.115. The number of nitrogens with zero attached hydrogens (tertiary/aromatic N) is 3. The molecule has 140 valence electrons. The number of rotatable bonds is 3. The molecule has 0 radical (unpaired) electrons. The number of aromatic amines is 1. The third-order valence-electron chi connectivity index (χ3n) is 5.73. The van der Waals surface area contributed by atoms with Crippen LogP contribution in [0, 0.1) is 0 Å². The van der Waals surface area contributed by atoms with Gasteiger partial charge in [0.25, 0.3) is 5.91 Å². The number of likely N-dealkylation sites (tertiary alicyclic amines) is 1. The highest BCUT2D eigenvalue weighted by molar-refractivity contribution is 5.94. The van der Waals surface area contributed by atoms with E-state index in [9.17, 15) is 4.79 Å². The number of hydrogen-bond acceptors (Lipinski definition) is 2. The summed E-state index contributed by atoms with van der Waals surface area (Å²) in [5.74, 6) is 0.617. The molecule has 0 aliphatic carbocycles. The molecule has 4 aromatic rings. The predicted molar refractivity (Wildman–Crippen MR) is 110 cm³/mol. The Morgan fingerprint density at radius 1 is 1.00 bits per heavy atom. The molecule has 1 aliphatic rings. The topological polar surface area (TPSA) is 53.9 Å². The maximum absolute atomic E-state index is 12.9. The maximum atomic E-state index is 12.9. The molecule has 3 heterocycles. The average Bonchev–Trinajstić information content (AvgIpc) is 3.44. The van der Waals surface area contributed by atoms with Gasteiger partial charge >= 0.3 is 0 Å². The number of para-hydroxylation sites is 1. The number of H-pyrrole nitrogens is 1. The summed E-state index contributed by atoms with van der Waals surface area (Å²) >= 11 is 0. The zero-order valence-electron chi connectivity index (χ0n) is 15.6. The van der Waals surface area contributed by atoms with E-state index in [1.807, 2.05) is 41.4 Å². The van der Waals surface area contributed by atoms with Crippen LogP contribution in [-0.4, -0.2) is 38.7 Å². The molecule has 0 spiro atoms. The van der Waals surface area contributed by atoms with Gasteiger partial charge in [0.15, 0.2) is 0 Å². The molecule has 1 aliphatic heterocycles. The fourth-order valence-corrected chi connectivity index (χ4v) is 4.19. The fourth-order valence-electron chi connectivity index (χ4n) is 4.19. The van der Waals surface area contributed by atoms with Crippen LogP contribution in [0.5, 0.6) is 0 Å². The van der Waals surface area contributed by atoms with Crippen LogP contribution in [0.1, 0.15) is 34.7 Å². The minimum absolute atomic E-state index is 0.115. The first-order valence-corrected chi connectivity index (χ1v) is 9.75. The van der Waals surface area contributed by atoms with Crippen LogP contribution in [0.4, 0.5) is 0 Å². The molecule has 0 unspecified atom stereocenters. The molecule has 2 aromatic heterocycles. The van der Waals surface area contributed by atoms with E-state index in [-0.39, 0.29) is 5.91 Å². The van der Waals surface area contributed by atoms with Gasteiger partial charge in [0.1, 0.15) is 0 Å². The van der Waals surface area contributed by atoms with Gasteiger partial charge in [-0.05, 0) is 60.7 Å². The van der Waals surface area contributed by atoms with Crippen molar-refractivity contribution in [3.05, 3.63) is 84.3 Å². The summed E-state index contributed by atoms with van der Waals surface area (Å²) in [7, 11) is 0. The van der Waals surface area contributed by atoms with Crippen LogP contribution in [0.2, 0.25) is 0 Å². The van der Waals surface area contributed by atoms with Crippen LogP contribution < -0.4 is 0 Å². The lowest BCUT2D eigenvalue weighted by Gasteiger charge is -2.32. The zero-order valence-corrected chi connectivity index (χ0v) is 15.6. The number of piperidine rings is 1. The summed E-state index contributed by atoms with van der Waals surface area (Å²) in [6.07, 6.45) is 7.78. The molecule has 0 saturated carbocycles. The Kier molecular flexibility index (Phi) is 4.20. The van der Waals surface area contributed by atoms with E-state index in [1.54, 1.807) is 10.9 Å². The summed E-state index contributed by atoms with van der Waals surface area (Å²) in [5, 5.41) is 5.53. The minimum Gasteiger partial charge on any atom is -0.361 e. The molecule has 0 bridgehead atoms. The Morgan fingerprint density at radius 2 is 1.79 bits per heavy atom. The summed E-state index contributed by atoms with van der Waals surface area (Å²) in [6.45, 7) is 1.59. The van der Waals surface area contributed by atoms with Gasteiger partial charge in [-0.2, -0.15) is 5.10 Å². The molecule has 1 N–H and O–H groups in total. The summed E-state index contributed by atoms with van der Waals surface area (Å²) < 4.78 is 1.79. The molecular weight excluding hydrogens is 348 g/mol. The van der Waals surface area contributed by atoms with E-state index in [4.69, 9.17) is 0 Å². The van der Waals surface area contributed by atoms with E-state index in [2.05, 4.69) is 40.5 Å². The van der Waals surface area contributed by atoms with Gasteiger partial charge in [-0.15, -0.1) is 0 Å². The van der Waals surface area contributed by atoms with E-state index < -0.39 is 0 Å². The average molecular weight is 370 g/mol. The highest BCUT2D eigenvalue weighted by Crippen LogP contribution is 2.33. The Hall–Kier alpha value is -3.34. The van der Waals surface area contributed by atoms with Crippen molar-refractivity contribution in [3.63, 3.8) is 0 Å². The van der Waals surface area contributed by atoms with Gasteiger partial charge < -0.3 is 9.88 Å². The third-order valence-corrected chi connectivity index (χ3v) is 5.73. The Bertz CT molecular complexity index is 1090. The molecule has 5 rings (SSSR count). The Balaban J connectivity index is 1.27. The number of amides is 1. The number of hydrogen-bond donors (Lipinski definition) is 1. The molecule has 1 amide bonds. The smallest absolute Gasteiger partial charge is 0.253 e. The standard InChI is InChI=1S/C23H22N4O/c28-23(18-6-8-19(9-7-18)27-13-3-12-25-27)26-14-10-17(11-15-26)21-16-24-22-5-2-1-4-20(21)22/h1-9,12-13,16-17,24H,10-11,14-15H2. The first-order valence-electron chi connectivity index (χ1n) is 9.75. The molecule has 5 nitrogen and oxygen atoms in total. The van der Waals surface area contributed by atoms with Crippen LogP contribution in [0.3, 0.4) is 0 Å². The van der Waals surface area contributed by atoms with Crippen LogP contribution in [-0.2, 0) is 0 Å².